The molecule has 0 radical (unpaired) electrons. The highest BCUT2D eigenvalue weighted by Gasteiger charge is 2.45. The van der Waals surface area contributed by atoms with E-state index in [4.69, 9.17) is 4.74 Å². The maximum atomic E-state index is 13.2. The molecule has 0 N–H and O–H groups in total. The number of hydrogen-bond donors (Lipinski definition) is 0. The van der Waals surface area contributed by atoms with E-state index in [1.807, 2.05) is 6.07 Å². The summed E-state index contributed by atoms with van der Waals surface area (Å²) in [6, 6.07) is 13.0. The lowest BCUT2D eigenvalue weighted by atomic mass is 9.89. The van der Waals surface area contributed by atoms with Crippen LogP contribution >= 0.6 is 0 Å². The van der Waals surface area contributed by atoms with Crippen LogP contribution in [0.15, 0.2) is 53.4 Å². The van der Waals surface area contributed by atoms with Crippen LogP contribution in [0.4, 0.5) is 0 Å². The first kappa shape index (κ1) is 22.2. The lowest BCUT2D eigenvalue weighted by Gasteiger charge is -2.40. The Kier molecular flexibility index (Phi) is 5.64. The van der Waals surface area contributed by atoms with E-state index in [0.29, 0.717) is 11.1 Å². The van der Waals surface area contributed by atoms with Crippen LogP contribution in [0.5, 0.6) is 0 Å². The number of piperazine rings is 1. The Labute approximate surface area is 186 Å². The van der Waals surface area contributed by atoms with E-state index in [0.717, 1.165) is 5.56 Å². The fourth-order valence-corrected chi connectivity index (χ4v) is 5.61. The molecule has 1 atom stereocenters. The van der Waals surface area contributed by atoms with Gasteiger partial charge in [-0.25, -0.2) is 13.2 Å². The van der Waals surface area contributed by atoms with Gasteiger partial charge in [0, 0.05) is 38.2 Å². The summed E-state index contributed by atoms with van der Waals surface area (Å²) in [5, 5.41) is 0. The molecule has 0 aliphatic carbocycles. The van der Waals surface area contributed by atoms with Crippen molar-refractivity contribution in [1.29, 1.82) is 0 Å². The lowest BCUT2D eigenvalue weighted by molar-refractivity contribution is -0.152. The topological polar surface area (TPSA) is 101 Å². The normalized spacial score (nSPS) is 21.6. The van der Waals surface area contributed by atoms with Crippen LogP contribution < -0.4 is 0 Å². The molecule has 168 valence electrons. The highest BCUT2D eigenvalue weighted by atomic mass is 32.2. The van der Waals surface area contributed by atoms with Gasteiger partial charge >= 0.3 is 5.97 Å². The van der Waals surface area contributed by atoms with Gasteiger partial charge in [0.2, 0.25) is 10.0 Å². The summed E-state index contributed by atoms with van der Waals surface area (Å²) < 4.78 is 32.9. The van der Waals surface area contributed by atoms with Gasteiger partial charge in [0.1, 0.15) is 0 Å². The molecule has 9 heteroatoms. The monoisotopic (exact) mass is 456 g/mol. The first-order chi connectivity index (χ1) is 15.1. The van der Waals surface area contributed by atoms with Crippen molar-refractivity contribution >= 4 is 27.7 Å². The number of benzene rings is 2. The van der Waals surface area contributed by atoms with Crippen molar-refractivity contribution < 1.29 is 27.5 Å². The van der Waals surface area contributed by atoms with Crippen LogP contribution in [0.2, 0.25) is 0 Å². The third-order valence-corrected chi connectivity index (χ3v) is 7.83. The summed E-state index contributed by atoms with van der Waals surface area (Å²) in [7, 11) is -3.80. The fourth-order valence-electron chi connectivity index (χ4n) is 4.14. The number of esters is 1. The third kappa shape index (κ3) is 3.93. The molecule has 1 fully saturated rings. The molecule has 2 heterocycles. The summed E-state index contributed by atoms with van der Waals surface area (Å²) in [6.45, 7) is 3.56. The van der Waals surface area contributed by atoms with Crippen molar-refractivity contribution in [3.05, 3.63) is 65.2 Å². The molecule has 2 aliphatic rings. The molecule has 2 aliphatic heterocycles. The predicted octanol–water partition coefficient (Wildman–Crippen LogP) is 1.89. The lowest BCUT2D eigenvalue weighted by Crippen LogP contribution is -2.58. The maximum Gasteiger partial charge on any atom is 0.339 e. The first-order valence-electron chi connectivity index (χ1n) is 10.3. The van der Waals surface area contributed by atoms with E-state index in [1.165, 1.54) is 23.4 Å². The second-order valence-corrected chi connectivity index (χ2v) is 10.2. The van der Waals surface area contributed by atoms with Crippen LogP contribution in [0.1, 0.15) is 40.1 Å². The van der Waals surface area contributed by atoms with E-state index >= 15 is 0 Å². The van der Waals surface area contributed by atoms with Gasteiger partial charge in [-0.15, -0.1) is 0 Å². The van der Waals surface area contributed by atoms with E-state index in [-0.39, 0.29) is 49.2 Å². The highest BCUT2D eigenvalue weighted by Crippen LogP contribution is 2.30. The number of Topliss-reactive ketones (excluding diaryl/α,β-unsaturated/α-hetero) is 1. The van der Waals surface area contributed by atoms with E-state index in [1.54, 1.807) is 42.2 Å². The Bertz CT molecular complexity index is 1200. The number of amides is 1. The van der Waals surface area contributed by atoms with Crippen LogP contribution in [-0.2, 0) is 26.0 Å². The zero-order valence-electron chi connectivity index (χ0n) is 17.9. The first-order valence-corrected chi connectivity index (χ1v) is 11.8. The van der Waals surface area contributed by atoms with Crippen LogP contribution in [0, 0.1) is 0 Å². The van der Waals surface area contributed by atoms with Gasteiger partial charge in [0.05, 0.1) is 10.5 Å². The minimum absolute atomic E-state index is 0.0507. The van der Waals surface area contributed by atoms with Crippen molar-refractivity contribution in [2.75, 3.05) is 26.2 Å². The van der Waals surface area contributed by atoms with Crippen LogP contribution in [-0.4, -0.2) is 67.1 Å². The fraction of sp³-hybridized carbons (Fsp3) is 0.348. The van der Waals surface area contributed by atoms with Gasteiger partial charge in [-0.05, 0) is 37.6 Å². The smallest absolute Gasteiger partial charge is 0.339 e. The summed E-state index contributed by atoms with van der Waals surface area (Å²) in [5.41, 5.74) is 0.210. The number of sulfonamides is 1. The van der Waals surface area contributed by atoms with E-state index in [9.17, 15) is 22.8 Å². The van der Waals surface area contributed by atoms with E-state index < -0.39 is 21.6 Å². The predicted molar refractivity (Wildman–Crippen MR) is 116 cm³/mol. The molecular formula is C23H24N2O6S. The Morgan fingerprint density at radius 2 is 1.69 bits per heavy atom. The quantitative estimate of drug-likeness (QED) is 0.515. The zero-order valence-corrected chi connectivity index (χ0v) is 18.7. The van der Waals surface area contributed by atoms with Crippen LogP contribution in [0.25, 0.3) is 0 Å². The van der Waals surface area contributed by atoms with Crippen molar-refractivity contribution in [2.45, 2.75) is 30.8 Å². The summed E-state index contributed by atoms with van der Waals surface area (Å²) in [4.78, 5) is 38.8. The van der Waals surface area contributed by atoms with Gasteiger partial charge in [-0.3, -0.25) is 9.59 Å². The Morgan fingerprint density at radius 3 is 2.38 bits per heavy atom. The van der Waals surface area contributed by atoms with Gasteiger partial charge < -0.3 is 9.64 Å². The molecule has 2 aromatic carbocycles. The number of carbonyl (C=O) groups is 3. The summed E-state index contributed by atoms with van der Waals surface area (Å²) >= 11 is 0. The molecule has 0 aromatic heterocycles. The number of ketones is 1. The van der Waals surface area contributed by atoms with Gasteiger partial charge in [0.25, 0.3) is 5.91 Å². The standard InChI is InChI=1S/C23H24N2O6S/c1-16(26)17-7-5-8-19(14-17)32(29,30)25-12-10-24(11-13-25)22(28)23(2)15-18-6-3-4-9-20(18)21(27)31-23/h3-9,14H,10-13,15H2,1-2H3. The molecule has 2 aromatic rings. The molecule has 1 unspecified atom stereocenters. The van der Waals surface area contributed by atoms with E-state index in [2.05, 4.69) is 0 Å². The minimum Gasteiger partial charge on any atom is -0.445 e. The molecule has 0 spiro atoms. The minimum atomic E-state index is -3.80. The average Bonchev–Trinajstić information content (AvgIpc) is 2.78. The number of carbonyl (C=O) groups excluding carboxylic acids is 3. The summed E-state index contributed by atoms with van der Waals surface area (Å²) in [6.07, 6.45) is 0.268. The molecule has 0 bridgehead atoms. The van der Waals surface area contributed by atoms with Gasteiger partial charge in [-0.2, -0.15) is 4.31 Å². The second kappa shape index (κ2) is 8.14. The summed E-state index contributed by atoms with van der Waals surface area (Å²) in [5.74, 6) is -1.08. The maximum absolute atomic E-state index is 13.2. The molecule has 32 heavy (non-hydrogen) atoms. The Morgan fingerprint density at radius 1 is 1.00 bits per heavy atom. The number of ether oxygens (including phenoxy) is 1. The highest BCUT2D eigenvalue weighted by molar-refractivity contribution is 7.89. The number of hydrogen-bond acceptors (Lipinski definition) is 6. The number of nitrogens with zero attached hydrogens (tertiary/aromatic N) is 2. The number of fused-ring (bicyclic) bond motifs is 1. The Balaban J connectivity index is 1.47. The van der Waals surface area contributed by atoms with Crippen LogP contribution in [0.3, 0.4) is 0 Å². The molecular weight excluding hydrogens is 432 g/mol. The van der Waals surface area contributed by atoms with Crippen molar-refractivity contribution in [3.63, 3.8) is 0 Å². The largest absolute Gasteiger partial charge is 0.445 e. The molecule has 1 saturated heterocycles. The molecule has 8 nitrogen and oxygen atoms in total. The number of cyclic esters (lactones) is 1. The molecule has 4 rings (SSSR count). The van der Waals surface area contributed by atoms with Crippen molar-refractivity contribution in [3.8, 4) is 0 Å². The average molecular weight is 457 g/mol. The SMILES string of the molecule is CC(=O)c1cccc(S(=O)(=O)N2CCN(C(=O)C3(C)Cc4ccccc4C(=O)O3)CC2)c1. The molecule has 1 amide bonds. The van der Waals surface area contributed by atoms with Crippen molar-refractivity contribution in [1.82, 2.24) is 9.21 Å². The van der Waals surface area contributed by atoms with Gasteiger partial charge in [0.15, 0.2) is 11.4 Å². The van der Waals surface area contributed by atoms with Crippen molar-refractivity contribution in [2.24, 2.45) is 0 Å². The zero-order chi connectivity index (χ0) is 23.1. The second-order valence-electron chi connectivity index (χ2n) is 8.23. The van der Waals surface area contributed by atoms with Gasteiger partial charge in [-0.1, -0.05) is 30.3 Å². The Hall–Kier alpha value is -3.04. The molecule has 0 saturated carbocycles. The third-order valence-electron chi connectivity index (χ3n) is 5.94. The number of rotatable bonds is 4.